The minimum atomic E-state index is -1.46. The summed E-state index contributed by atoms with van der Waals surface area (Å²) in [6.45, 7) is 6.63. The molecule has 0 spiro atoms. The van der Waals surface area contributed by atoms with Crippen molar-refractivity contribution >= 4 is 17.5 Å². The molecular weight excluding hydrogens is 743 g/mol. The number of amides is 1. The Balaban J connectivity index is 1.51. The predicted molar refractivity (Wildman–Crippen MR) is 218 cm³/mol. The van der Waals surface area contributed by atoms with Gasteiger partial charge in [-0.3, -0.25) is 15.0 Å². The molecule has 6 atom stereocenters. The smallest absolute Gasteiger partial charge is 0.410 e. The normalized spacial score (nSPS) is 23.8. The molecule has 0 unspecified atom stereocenters. The number of aliphatic hydroxyl groups excluding tert-OH is 2. The summed E-state index contributed by atoms with van der Waals surface area (Å²) in [6, 6.07) is 19.9. The molecule has 58 heavy (non-hydrogen) atoms. The third kappa shape index (κ3) is 9.38. The number of rotatable bonds is 20. The first-order chi connectivity index (χ1) is 28.2. The van der Waals surface area contributed by atoms with E-state index in [0.29, 0.717) is 42.8 Å². The summed E-state index contributed by atoms with van der Waals surface area (Å²) < 4.78 is 20.1. The van der Waals surface area contributed by atoms with Gasteiger partial charge in [-0.2, -0.15) is 0 Å². The summed E-state index contributed by atoms with van der Waals surface area (Å²) in [5.41, 5.74) is 3.77. The molecule has 1 fully saturated rings. The molecule has 1 amide bonds. The predicted octanol–water partition coefficient (Wildman–Crippen LogP) is 8.18. The lowest BCUT2D eigenvalue weighted by molar-refractivity contribution is -0.384. The number of hydrogen-bond donors (Lipinski definition) is 3. The average Bonchev–Trinajstić information content (AvgIpc) is 3.23. The number of nitro groups is 1. The zero-order valence-electron chi connectivity index (χ0n) is 33.1. The van der Waals surface area contributed by atoms with Gasteiger partial charge in [0.2, 0.25) is 5.79 Å². The zero-order valence-corrected chi connectivity index (χ0v) is 33.1. The lowest BCUT2D eigenvalue weighted by Gasteiger charge is -2.59. The van der Waals surface area contributed by atoms with Crippen molar-refractivity contribution in [3.63, 3.8) is 0 Å². The highest BCUT2D eigenvalue weighted by molar-refractivity contribution is 6.03. The summed E-state index contributed by atoms with van der Waals surface area (Å²) in [7, 11) is 0. The van der Waals surface area contributed by atoms with Gasteiger partial charge in [-0.1, -0.05) is 67.4 Å². The van der Waals surface area contributed by atoms with Crippen molar-refractivity contribution in [1.82, 2.24) is 4.90 Å². The lowest BCUT2D eigenvalue weighted by Crippen LogP contribution is -2.70. The van der Waals surface area contributed by atoms with Crippen LogP contribution in [0.25, 0.3) is 0 Å². The molecular formula is C45H55N3O10. The maximum absolute atomic E-state index is 14.4. The number of phenols is 1. The van der Waals surface area contributed by atoms with Crippen LogP contribution in [0.5, 0.6) is 11.5 Å². The Morgan fingerprint density at radius 3 is 2.43 bits per heavy atom. The summed E-state index contributed by atoms with van der Waals surface area (Å²) >= 11 is 0. The SMILES string of the molecule is C=CCO[C@@]12Oc3ccc(O)cc3[C@H]3[C@H](CCCCO)[C@@H](CCCCO)C=C(C(=NOCc4ccc([N+](=O)[O-])cc4)C[C@@H]1N(CCC)C(=O)OCc1ccccc1)[C@H]32. The van der Waals surface area contributed by atoms with Crippen molar-refractivity contribution in [3.05, 3.63) is 124 Å². The molecule has 6 rings (SSSR count). The highest BCUT2D eigenvalue weighted by Gasteiger charge is 2.65. The highest BCUT2D eigenvalue weighted by atomic mass is 16.7. The summed E-state index contributed by atoms with van der Waals surface area (Å²) in [5.74, 6) is -1.64. The van der Waals surface area contributed by atoms with Crippen LogP contribution in [0.3, 0.4) is 0 Å². The number of aromatic hydroxyl groups is 1. The van der Waals surface area contributed by atoms with Crippen molar-refractivity contribution in [2.45, 2.75) is 89.3 Å². The van der Waals surface area contributed by atoms with E-state index in [9.17, 15) is 30.2 Å². The third-order valence-corrected chi connectivity index (χ3v) is 11.5. The van der Waals surface area contributed by atoms with Gasteiger partial charge in [0.15, 0.2) is 0 Å². The molecule has 1 heterocycles. The highest BCUT2D eigenvalue weighted by Crippen LogP contribution is 2.62. The summed E-state index contributed by atoms with van der Waals surface area (Å²) in [5, 5.41) is 46.7. The number of hydrogen-bond acceptors (Lipinski definition) is 11. The van der Waals surface area contributed by atoms with Gasteiger partial charge in [0, 0.05) is 49.8 Å². The van der Waals surface area contributed by atoms with Crippen molar-refractivity contribution in [2.24, 2.45) is 22.9 Å². The number of fused-ring (bicyclic) bond motifs is 2. The third-order valence-electron chi connectivity index (χ3n) is 11.5. The van der Waals surface area contributed by atoms with Gasteiger partial charge in [-0.05, 0) is 91.0 Å². The first-order valence-corrected chi connectivity index (χ1v) is 20.3. The van der Waals surface area contributed by atoms with Crippen LogP contribution in [0, 0.1) is 27.9 Å². The molecule has 3 aliphatic rings. The van der Waals surface area contributed by atoms with Gasteiger partial charge in [0.1, 0.15) is 30.8 Å². The number of aliphatic hydroxyl groups is 2. The second-order valence-corrected chi connectivity index (χ2v) is 15.2. The minimum Gasteiger partial charge on any atom is -0.508 e. The molecule has 3 N–H and O–H groups in total. The van der Waals surface area contributed by atoms with Crippen molar-refractivity contribution in [1.29, 1.82) is 0 Å². The molecule has 13 nitrogen and oxygen atoms in total. The van der Waals surface area contributed by atoms with Gasteiger partial charge < -0.3 is 34.4 Å². The summed E-state index contributed by atoms with van der Waals surface area (Å²) in [6.07, 6.45) is 8.50. The van der Waals surface area contributed by atoms with Crippen LogP contribution in [0.4, 0.5) is 10.5 Å². The monoisotopic (exact) mass is 797 g/mol. The fraction of sp³-hybridized carbons (Fsp3) is 0.467. The lowest BCUT2D eigenvalue weighted by atomic mass is 9.55. The Labute approximate surface area is 339 Å². The molecule has 0 saturated heterocycles. The number of carbonyl (C=O) groups excluding carboxylic acids is 1. The van der Waals surface area contributed by atoms with E-state index >= 15 is 0 Å². The Morgan fingerprint density at radius 1 is 1.02 bits per heavy atom. The van der Waals surface area contributed by atoms with Gasteiger partial charge in [0.05, 0.1) is 23.2 Å². The number of oxime groups is 1. The first-order valence-electron chi connectivity index (χ1n) is 20.3. The van der Waals surface area contributed by atoms with E-state index in [0.717, 1.165) is 42.4 Å². The van der Waals surface area contributed by atoms with E-state index in [-0.39, 0.29) is 68.6 Å². The van der Waals surface area contributed by atoms with Gasteiger partial charge in [0.25, 0.3) is 5.69 Å². The minimum absolute atomic E-state index is 0.000772. The van der Waals surface area contributed by atoms with Gasteiger partial charge in [-0.15, -0.1) is 6.58 Å². The maximum Gasteiger partial charge on any atom is 0.410 e. The summed E-state index contributed by atoms with van der Waals surface area (Å²) in [4.78, 5) is 33.0. The molecule has 310 valence electrons. The van der Waals surface area contributed by atoms with Crippen LogP contribution in [0.1, 0.15) is 80.9 Å². The first kappa shape index (κ1) is 42.4. The van der Waals surface area contributed by atoms with Crippen molar-refractivity contribution in [3.8, 4) is 11.5 Å². The van der Waals surface area contributed by atoms with E-state index in [1.165, 1.54) is 12.1 Å². The molecule has 0 aromatic heterocycles. The number of carbonyl (C=O) groups is 1. The van der Waals surface area contributed by atoms with Crippen LogP contribution in [-0.4, -0.2) is 75.1 Å². The second-order valence-electron chi connectivity index (χ2n) is 15.2. The average molecular weight is 798 g/mol. The van der Waals surface area contributed by atoms with Crippen LogP contribution < -0.4 is 4.74 Å². The Morgan fingerprint density at radius 2 is 1.74 bits per heavy atom. The molecule has 0 radical (unpaired) electrons. The topological polar surface area (TPSA) is 173 Å². The number of allylic oxidation sites excluding steroid dienone is 1. The van der Waals surface area contributed by atoms with Crippen molar-refractivity contribution in [2.75, 3.05) is 26.4 Å². The largest absolute Gasteiger partial charge is 0.508 e. The number of nitro benzene ring substituents is 1. The standard InChI is InChI=1S/C45H55N3O10/c1-3-22-47(44(52)55-29-31-12-6-5-7-13-31)41-28-39(46-57-30-32-16-18-34(19-17-32)48(53)54)37-26-33(14-8-10-23-49)36(15-9-11-24-50)42-38-27-35(51)20-21-40(38)58-45(41,43(37)42)56-25-4-2/h4-7,12-13,16-21,26-27,33,36,41-43,49-51H,2-3,8-11,14-15,22-25,28-30H2,1H3/t33-,36+,41-,42+,43+,45+/m0/s1. The fourth-order valence-corrected chi connectivity index (χ4v) is 8.97. The number of benzene rings is 3. The maximum atomic E-state index is 14.4. The molecule has 2 aliphatic carbocycles. The van der Waals surface area contributed by atoms with Gasteiger partial charge in [-0.25, -0.2) is 4.79 Å². The Bertz CT molecular complexity index is 1920. The van der Waals surface area contributed by atoms with Crippen molar-refractivity contribution < 1.29 is 44.1 Å². The fourth-order valence-electron chi connectivity index (χ4n) is 8.97. The van der Waals surface area contributed by atoms with Crippen LogP contribution in [-0.2, 0) is 27.5 Å². The number of phenolic OH excluding ortho intramolecular Hbond substituents is 1. The van der Waals surface area contributed by atoms with E-state index in [1.807, 2.05) is 37.3 Å². The molecule has 3 aromatic rings. The number of non-ortho nitro benzene ring substituents is 1. The molecule has 3 aromatic carbocycles. The molecule has 1 aliphatic heterocycles. The Kier molecular flexibility index (Phi) is 14.6. The van der Waals surface area contributed by atoms with E-state index in [4.69, 9.17) is 24.2 Å². The van der Waals surface area contributed by atoms with Crippen LogP contribution >= 0.6 is 0 Å². The van der Waals surface area contributed by atoms with Crippen LogP contribution in [0.15, 0.2) is 102 Å². The van der Waals surface area contributed by atoms with E-state index in [1.54, 1.807) is 41.3 Å². The molecule has 13 heteroatoms. The van der Waals surface area contributed by atoms with Gasteiger partial charge >= 0.3 is 6.09 Å². The number of nitrogens with zero attached hydrogens (tertiary/aromatic N) is 3. The Hall–Kier alpha value is -5.24. The quantitative estimate of drug-likeness (QED) is 0.0438. The molecule has 0 bridgehead atoms. The molecule has 1 saturated carbocycles. The zero-order chi connectivity index (χ0) is 41.1. The second kappa shape index (κ2) is 20.0. The number of ether oxygens (including phenoxy) is 3. The number of unbranched alkanes of at least 4 members (excludes halogenated alkanes) is 2. The van der Waals surface area contributed by atoms with E-state index in [2.05, 4.69) is 12.7 Å². The van der Waals surface area contributed by atoms with E-state index < -0.39 is 28.8 Å². The van der Waals surface area contributed by atoms with Crippen LogP contribution in [0.2, 0.25) is 0 Å².